The van der Waals surface area contributed by atoms with Crippen LogP contribution >= 0.6 is 22.9 Å². The number of halogens is 1. The lowest BCUT2D eigenvalue weighted by Crippen LogP contribution is -2.50. The second kappa shape index (κ2) is 12.7. The second-order valence-electron chi connectivity index (χ2n) is 10.3. The van der Waals surface area contributed by atoms with Crippen molar-refractivity contribution in [1.29, 1.82) is 0 Å². The molecule has 196 valence electrons. The van der Waals surface area contributed by atoms with Crippen LogP contribution in [0.2, 0.25) is 5.02 Å². The van der Waals surface area contributed by atoms with Gasteiger partial charge in [0.25, 0.3) is 0 Å². The number of hydrogen-bond acceptors (Lipinski definition) is 6. The van der Waals surface area contributed by atoms with Crippen molar-refractivity contribution in [3.63, 3.8) is 0 Å². The highest BCUT2D eigenvalue weighted by Crippen LogP contribution is 2.27. The Morgan fingerprint density at radius 2 is 1.83 bits per heavy atom. The van der Waals surface area contributed by atoms with Crippen molar-refractivity contribution in [3.05, 3.63) is 62.2 Å². The first-order chi connectivity index (χ1) is 17.0. The molecule has 3 rings (SSSR count). The standard InChI is InChI=1S/C27H37ClN4O3S/c1-18(25(34)30-14-11-19-5-8-21(28)9-6-19)32(17-27(2,3)4)16-15-29-13-12-20-7-10-22(33)23-24(20)36-26(35)31-23/h5-10,18,29,33H,11-17H2,1-4H3,(H,30,34)(H,31,35)/t18-/m0/s1. The third-order valence-electron chi connectivity index (χ3n) is 6.02. The summed E-state index contributed by atoms with van der Waals surface area (Å²) in [6, 6.07) is 10.9. The molecular weight excluding hydrogens is 496 g/mol. The zero-order valence-electron chi connectivity index (χ0n) is 21.5. The van der Waals surface area contributed by atoms with Gasteiger partial charge >= 0.3 is 4.87 Å². The predicted molar refractivity (Wildman–Crippen MR) is 149 cm³/mol. The van der Waals surface area contributed by atoms with Crippen molar-refractivity contribution in [1.82, 2.24) is 20.5 Å². The number of nitrogens with one attached hydrogen (secondary N) is 3. The Kier molecular flexibility index (Phi) is 9.96. The highest BCUT2D eigenvalue weighted by atomic mass is 35.5. The van der Waals surface area contributed by atoms with Crippen molar-refractivity contribution in [3.8, 4) is 5.75 Å². The number of aromatic nitrogens is 1. The van der Waals surface area contributed by atoms with Crippen molar-refractivity contribution in [2.24, 2.45) is 5.41 Å². The molecule has 1 aromatic heterocycles. The molecule has 3 aromatic rings. The maximum absolute atomic E-state index is 12.9. The van der Waals surface area contributed by atoms with Crippen LogP contribution < -0.4 is 15.5 Å². The summed E-state index contributed by atoms with van der Waals surface area (Å²) in [6.45, 7) is 12.1. The van der Waals surface area contributed by atoms with Gasteiger partial charge in [-0.25, -0.2) is 0 Å². The Bertz CT molecular complexity index is 1200. The van der Waals surface area contributed by atoms with Gasteiger partial charge in [0.2, 0.25) is 5.91 Å². The van der Waals surface area contributed by atoms with Gasteiger partial charge in [0.15, 0.2) is 0 Å². The van der Waals surface area contributed by atoms with E-state index in [9.17, 15) is 14.7 Å². The number of aromatic hydroxyl groups is 1. The van der Waals surface area contributed by atoms with Crippen LogP contribution in [0.4, 0.5) is 0 Å². The molecular formula is C27H37ClN4O3S. The van der Waals surface area contributed by atoms with Crippen LogP contribution in [0.25, 0.3) is 10.2 Å². The number of carbonyl (C=O) groups is 1. The highest BCUT2D eigenvalue weighted by molar-refractivity contribution is 7.16. The highest BCUT2D eigenvalue weighted by Gasteiger charge is 2.25. The van der Waals surface area contributed by atoms with Crippen molar-refractivity contribution in [2.75, 3.05) is 32.7 Å². The van der Waals surface area contributed by atoms with E-state index in [4.69, 9.17) is 11.6 Å². The number of carbonyl (C=O) groups excluding carboxylic acids is 1. The fourth-order valence-corrected chi connectivity index (χ4v) is 5.18. The molecule has 9 heteroatoms. The lowest BCUT2D eigenvalue weighted by atomic mass is 9.95. The first kappa shape index (κ1) is 28.2. The summed E-state index contributed by atoms with van der Waals surface area (Å²) < 4.78 is 0.806. The van der Waals surface area contributed by atoms with Gasteiger partial charge in [0.05, 0.1) is 10.7 Å². The molecule has 0 radical (unpaired) electrons. The number of hydrogen-bond donors (Lipinski definition) is 4. The minimum atomic E-state index is -0.245. The molecule has 0 fully saturated rings. The van der Waals surface area contributed by atoms with Gasteiger partial charge in [-0.2, -0.15) is 0 Å². The van der Waals surface area contributed by atoms with Crippen LogP contribution in [0.15, 0.2) is 41.2 Å². The van der Waals surface area contributed by atoms with E-state index in [1.165, 1.54) is 0 Å². The van der Waals surface area contributed by atoms with Gasteiger partial charge in [0.1, 0.15) is 11.3 Å². The topological polar surface area (TPSA) is 97.5 Å². The number of aromatic amines is 1. The Morgan fingerprint density at radius 1 is 1.11 bits per heavy atom. The van der Waals surface area contributed by atoms with E-state index in [0.717, 1.165) is 66.2 Å². The molecule has 0 saturated carbocycles. The van der Waals surface area contributed by atoms with Crippen molar-refractivity contribution >= 4 is 39.1 Å². The van der Waals surface area contributed by atoms with E-state index in [-0.39, 0.29) is 28.0 Å². The maximum atomic E-state index is 12.9. The molecule has 4 N–H and O–H groups in total. The van der Waals surface area contributed by atoms with Crippen LogP contribution in [0.3, 0.4) is 0 Å². The van der Waals surface area contributed by atoms with Crippen LogP contribution in [-0.2, 0) is 17.6 Å². The molecule has 0 unspecified atom stereocenters. The summed E-state index contributed by atoms with van der Waals surface area (Å²) in [5, 5.41) is 17.2. The zero-order chi connectivity index (χ0) is 26.3. The number of phenols is 1. The largest absolute Gasteiger partial charge is 0.506 e. The third kappa shape index (κ3) is 8.34. The molecule has 1 atom stereocenters. The number of rotatable bonds is 12. The first-order valence-corrected chi connectivity index (χ1v) is 13.5. The van der Waals surface area contributed by atoms with Crippen molar-refractivity contribution < 1.29 is 9.90 Å². The van der Waals surface area contributed by atoms with Gasteiger partial charge in [-0.05, 0) is 61.1 Å². The number of phenolic OH excluding ortho intramolecular Hbond substituents is 1. The minimum absolute atomic E-state index is 0.0297. The smallest absolute Gasteiger partial charge is 0.305 e. The second-order valence-corrected chi connectivity index (χ2v) is 11.8. The lowest BCUT2D eigenvalue weighted by Gasteiger charge is -2.34. The molecule has 0 aliphatic heterocycles. The molecule has 36 heavy (non-hydrogen) atoms. The summed E-state index contributed by atoms with van der Waals surface area (Å²) in [6.07, 6.45) is 1.50. The van der Waals surface area contributed by atoms with E-state index >= 15 is 0 Å². The van der Waals surface area contributed by atoms with Crippen molar-refractivity contribution in [2.45, 2.75) is 46.6 Å². The molecule has 2 aromatic carbocycles. The number of fused-ring (bicyclic) bond motifs is 1. The lowest BCUT2D eigenvalue weighted by molar-refractivity contribution is -0.126. The Balaban J connectivity index is 1.49. The average molecular weight is 533 g/mol. The van der Waals surface area contributed by atoms with E-state index in [0.29, 0.717) is 17.1 Å². The Morgan fingerprint density at radius 3 is 2.53 bits per heavy atom. The molecule has 0 aliphatic carbocycles. The van der Waals surface area contributed by atoms with Crippen LogP contribution in [0, 0.1) is 5.41 Å². The summed E-state index contributed by atoms with van der Waals surface area (Å²) >= 11 is 7.07. The van der Waals surface area contributed by atoms with E-state index in [2.05, 4.69) is 41.3 Å². The van der Waals surface area contributed by atoms with E-state index < -0.39 is 0 Å². The monoisotopic (exact) mass is 532 g/mol. The molecule has 1 heterocycles. The zero-order valence-corrected chi connectivity index (χ0v) is 23.1. The van der Waals surface area contributed by atoms with Crippen LogP contribution in [0.1, 0.15) is 38.8 Å². The molecule has 0 spiro atoms. The van der Waals surface area contributed by atoms with Gasteiger partial charge in [-0.1, -0.05) is 61.9 Å². The summed E-state index contributed by atoms with van der Waals surface area (Å²) in [4.78, 5) is 29.4. The molecule has 0 saturated heterocycles. The first-order valence-electron chi connectivity index (χ1n) is 12.3. The van der Waals surface area contributed by atoms with Gasteiger partial charge in [-0.15, -0.1) is 0 Å². The van der Waals surface area contributed by atoms with Crippen LogP contribution in [-0.4, -0.2) is 59.7 Å². The summed E-state index contributed by atoms with van der Waals surface area (Å²) in [5.41, 5.74) is 2.73. The minimum Gasteiger partial charge on any atom is -0.506 e. The quantitative estimate of drug-likeness (QED) is 0.262. The Labute approximate surface area is 221 Å². The SMILES string of the molecule is C[C@@H](C(=O)NCCc1ccc(Cl)cc1)N(CCNCCc1ccc(O)c2[nH]c(=O)sc12)CC(C)(C)C. The number of thiazole rings is 1. The normalized spacial score (nSPS) is 12.8. The maximum Gasteiger partial charge on any atom is 0.305 e. The van der Waals surface area contributed by atoms with E-state index in [1.807, 2.05) is 37.3 Å². The fourth-order valence-electron chi connectivity index (χ4n) is 4.15. The predicted octanol–water partition coefficient (Wildman–Crippen LogP) is 4.18. The number of nitrogens with zero attached hydrogens (tertiary/aromatic N) is 1. The van der Waals surface area contributed by atoms with Gasteiger partial charge < -0.3 is 20.7 Å². The third-order valence-corrected chi connectivity index (χ3v) is 7.23. The molecule has 1 amide bonds. The van der Waals surface area contributed by atoms with Gasteiger partial charge in [-0.3, -0.25) is 14.5 Å². The molecule has 0 bridgehead atoms. The molecule has 0 aliphatic rings. The average Bonchev–Trinajstić information content (AvgIpc) is 3.22. The summed E-state index contributed by atoms with van der Waals surface area (Å²) in [5.74, 6) is 0.125. The fraction of sp³-hybridized carbons (Fsp3) is 0.481. The number of benzene rings is 2. The number of amides is 1. The molecule has 7 nitrogen and oxygen atoms in total. The van der Waals surface area contributed by atoms with E-state index in [1.54, 1.807) is 6.07 Å². The van der Waals surface area contributed by atoms with Gasteiger partial charge in [0, 0.05) is 31.2 Å². The summed E-state index contributed by atoms with van der Waals surface area (Å²) in [7, 11) is 0. The Hall–Kier alpha value is -2.39. The number of H-pyrrole nitrogens is 1. The van der Waals surface area contributed by atoms with Crippen LogP contribution in [0.5, 0.6) is 5.75 Å².